The zero-order valence-corrected chi connectivity index (χ0v) is 11.7. The lowest BCUT2D eigenvalue weighted by molar-refractivity contribution is -0.384. The highest BCUT2D eigenvalue weighted by Crippen LogP contribution is 2.28. The van der Waals surface area contributed by atoms with Crippen molar-refractivity contribution in [3.8, 4) is 0 Å². The summed E-state index contributed by atoms with van der Waals surface area (Å²) in [5, 5.41) is 11.1. The largest absolute Gasteiger partial charge is 0.369 e. The van der Waals surface area contributed by atoms with Gasteiger partial charge in [0.1, 0.15) is 12.0 Å². The topological polar surface area (TPSA) is 63.5 Å². The van der Waals surface area contributed by atoms with Crippen molar-refractivity contribution in [3.63, 3.8) is 0 Å². The van der Waals surface area contributed by atoms with Gasteiger partial charge in [0.05, 0.1) is 4.92 Å². The van der Waals surface area contributed by atoms with Crippen LogP contribution in [-0.2, 0) is 6.42 Å². The Morgan fingerprint density at radius 2 is 1.90 bits per heavy atom. The molecule has 108 valence electrons. The number of rotatable bonds is 6. The van der Waals surface area contributed by atoms with Gasteiger partial charge in [0.25, 0.3) is 5.69 Å². The van der Waals surface area contributed by atoms with E-state index in [-0.39, 0.29) is 5.69 Å². The molecule has 0 saturated heterocycles. The molecule has 0 bridgehead atoms. The molecule has 0 aliphatic heterocycles. The van der Waals surface area contributed by atoms with E-state index in [2.05, 4.69) is 0 Å². The molecule has 0 aliphatic rings. The summed E-state index contributed by atoms with van der Waals surface area (Å²) in [4.78, 5) is 23.2. The third-order valence-electron chi connectivity index (χ3n) is 3.32. The minimum Gasteiger partial charge on any atom is -0.369 e. The van der Waals surface area contributed by atoms with E-state index < -0.39 is 4.92 Å². The van der Waals surface area contributed by atoms with Crippen LogP contribution in [0.4, 0.5) is 11.4 Å². The van der Waals surface area contributed by atoms with Crippen LogP contribution in [0.15, 0.2) is 48.5 Å². The minimum atomic E-state index is -0.457. The van der Waals surface area contributed by atoms with Crippen LogP contribution in [0, 0.1) is 10.1 Å². The molecule has 0 saturated carbocycles. The summed E-state index contributed by atoms with van der Waals surface area (Å²) >= 11 is 0. The number of nitro benzene ring substituents is 1. The summed E-state index contributed by atoms with van der Waals surface area (Å²) in [5.74, 6) is 0. The molecule has 0 radical (unpaired) electrons. The zero-order chi connectivity index (χ0) is 15.2. The molecule has 2 aromatic rings. The Labute approximate surface area is 123 Å². The average molecular weight is 284 g/mol. The highest BCUT2D eigenvalue weighted by atomic mass is 16.6. The Morgan fingerprint density at radius 3 is 2.52 bits per heavy atom. The maximum atomic E-state index is 11.1. The van der Waals surface area contributed by atoms with Crippen LogP contribution in [0.1, 0.15) is 15.9 Å². The number of carbonyl (C=O) groups is 1. The molecule has 0 aliphatic carbocycles. The Bertz CT molecular complexity index is 641. The molecule has 0 unspecified atom stereocenters. The molecule has 0 aromatic heterocycles. The quantitative estimate of drug-likeness (QED) is 0.464. The van der Waals surface area contributed by atoms with E-state index >= 15 is 0 Å². The Kier molecular flexibility index (Phi) is 4.66. The number of nitro groups is 1. The molecule has 21 heavy (non-hydrogen) atoms. The second-order valence-electron chi connectivity index (χ2n) is 4.78. The molecule has 0 spiro atoms. The first-order chi connectivity index (χ1) is 10.1. The lowest BCUT2D eigenvalue weighted by Gasteiger charge is -2.19. The summed E-state index contributed by atoms with van der Waals surface area (Å²) in [6.45, 7) is 0.658. The summed E-state index contributed by atoms with van der Waals surface area (Å²) in [7, 11) is 1.81. The highest BCUT2D eigenvalue weighted by molar-refractivity contribution is 5.79. The summed E-state index contributed by atoms with van der Waals surface area (Å²) in [6.07, 6.45) is 1.41. The van der Waals surface area contributed by atoms with Crippen molar-refractivity contribution in [1.82, 2.24) is 0 Å². The predicted octanol–water partition coefficient (Wildman–Crippen LogP) is 3.09. The van der Waals surface area contributed by atoms with Gasteiger partial charge in [-0.15, -0.1) is 0 Å². The third kappa shape index (κ3) is 3.66. The standard InChI is InChI=1S/C16H16N2O3/c1-17(10-9-13-5-3-2-4-6-13)15-8-7-14(12-19)11-16(15)18(20)21/h2-8,11-12H,9-10H2,1H3. The number of likely N-dealkylation sites (N-methyl/N-ethyl adjacent to an activating group) is 1. The van der Waals surface area contributed by atoms with Crippen molar-refractivity contribution < 1.29 is 9.72 Å². The first-order valence-electron chi connectivity index (χ1n) is 6.60. The molecular weight excluding hydrogens is 268 g/mol. The van der Waals surface area contributed by atoms with E-state index in [0.717, 1.165) is 6.42 Å². The van der Waals surface area contributed by atoms with Crippen molar-refractivity contribution in [2.45, 2.75) is 6.42 Å². The van der Waals surface area contributed by atoms with Gasteiger partial charge in [-0.1, -0.05) is 30.3 Å². The molecule has 5 heteroatoms. The van der Waals surface area contributed by atoms with Crippen LogP contribution < -0.4 is 4.90 Å². The van der Waals surface area contributed by atoms with Crippen LogP contribution in [-0.4, -0.2) is 24.8 Å². The van der Waals surface area contributed by atoms with Crippen molar-refractivity contribution in [2.24, 2.45) is 0 Å². The lowest BCUT2D eigenvalue weighted by Crippen LogP contribution is -2.21. The van der Waals surface area contributed by atoms with Gasteiger partial charge in [-0.05, 0) is 24.1 Å². The fraction of sp³-hybridized carbons (Fsp3) is 0.188. The minimum absolute atomic E-state index is 0.0461. The van der Waals surface area contributed by atoms with E-state index in [9.17, 15) is 14.9 Å². The molecule has 5 nitrogen and oxygen atoms in total. The molecule has 0 amide bonds. The van der Waals surface area contributed by atoms with Gasteiger partial charge in [-0.2, -0.15) is 0 Å². The Balaban J connectivity index is 2.16. The molecule has 2 aromatic carbocycles. The lowest BCUT2D eigenvalue weighted by atomic mass is 10.1. The number of hydrogen-bond acceptors (Lipinski definition) is 4. The number of anilines is 1. The molecule has 2 rings (SSSR count). The Morgan fingerprint density at radius 1 is 1.19 bits per heavy atom. The molecule has 0 N–H and O–H groups in total. The maximum absolute atomic E-state index is 11.1. The van der Waals surface area contributed by atoms with E-state index in [1.165, 1.54) is 11.6 Å². The molecular formula is C16H16N2O3. The van der Waals surface area contributed by atoms with Crippen LogP contribution in [0.3, 0.4) is 0 Å². The van der Waals surface area contributed by atoms with Gasteiger partial charge in [-0.25, -0.2) is 0 Å². The summed E-state index contributed by atoms with van der Waals surface area (Å²) in [6, 6.07) is 14.5. The van der Waals surface area contributed by atoms with E-state index in [1.807, 2.05) is 42.3 Å². The summed E-state index contributed by atoms with van der Waals surface area (Å²) < 4.78 is 0. The predicted molar refractivity (Wildman–Crippen MR) is 81.9 cm³/mol. The van der Waals surface area contributed by atoms with Crippen molar-refractivity contribution in [2.75, 3.05) is 18.5 Å². The zero-order valence-electron chi connectivity index (χ0n) is 11.7. The number of carbonyl (C=O) groups excluding carboxylic acids is 1. The van der Waals surface area contributed by atoms with E-state index in [0.29, 0.717) is 24.1 Å². The Hall–Kier alpha value is -2.69. The van der Waals surface area contributed by atoms with Gasteiger partial charge in [0, 0.05) is 25.2 Å². The van der Waals surface area contributed by atoms with Gasteiger partial charge in [0.2, 0.25) is 0 Å². The fourth-order valence-corrected chi connectivity index (χ4v) is 2.14. The number of aldehydes is 1. The van der Waals surface area contributed by atoms with Crippen LogP contribution in [0.5, 0.6) is 0 Å². The van der Waals surface area contributed by atoms with Crippen molar-refractivity contribution in [3.05, 3.63) is 69.8 Å². The normalized spacial score (nSPS) is 10.1. The fourth-order valence-electron chi connectivity index (χ4n) is 2.14. The van der Waals surface area contributed by atoms with Gasteiger partial charge >= 0.3 is 0 Å². The smallest absolute Gasteiger partial charge is 0.293 e. The van der Waals surface area contributed by atoms with Crippen LogP contribution in [0.2, 0.25) is 0 Å². The van der Waals surface area contributed by atoms with Gasteiger partial charge in [0.15, 0.2) is 0 Å². The number of nitrogens with zero attached hydrogens (tertiary/aromatic N) is 2. The summed E-state index contributed by atoms with van der Waals surface area (Å²) in [5.41, 5.74) is 1.95. The third-order valence-corrected chi connectivity index (χ3v) is 3.32. The SMILES string of the molecule is CN(CCc1ccccc1)c1ccc(C=O)cc1[N+](=O)[O-]. The van der Waals surface area contributed by atoms with Gasteiger partial charge in [-0.3, -0.25) is 14.9 Å². The average Bonchev–Trinajstić information content (AvgIpc) is 2.52. The second-order valence-corrected chi connectivity index (χ2v) is 4.78. The molecule has 0 atom stereocenters. The highest BCUT2D eigenvalue weighted by Gasteiger charge is 2.17. The van der Waals surface area contributed by atoms with E-state index in [4.69, 9.17) is 0 Å². The number of hydrogen-bond donors (Lipinski definition) is 0. The molecule has 0 fully saturated rings. The first kappa shape index (κ1) is 14.7. The van der Waals surface area contributed by atoms with Crippen molar-refractivity contribution >= 4 is 17.7 Å². The van der Waals surface area contributed by atoms with E-state index in [1.54, 1.807) is 12.1 Å². The number of benzene rings is 2. The van der Waals surface area contributed by atoms with Crippen LogP contribution >= 0.6 is 0 Å². The van der Waals surface area contributed by atoms with Crippen molar-refractivity contribution in [1.29, 1.82) is 0 Å². The molecule has 0 heterocycles. The van der Waals surface area contributed by atoms with Gasteiger partial charge < -0.3 is 4.90 Å². The van der Waals surface area contributed by atoms with Crippen LogP contribution in [0.25, 0.3) is 0 Å². The second kappa shape index (κ2) is 6.65. The maximum Gasteiger partial charge on any atom is 0.293 e. The monoisotopic (exact) mass is 284 g/mol. The first-order valence-corrected chi connectivity index (χ1v) is 6.60.